The topological polar surface area (TPSA) is 108 Å². The van der Waals surface area contributed by atoms with Gasteiger partial charge in [0, 0.05) is 37.4 Å². The number of hydrogen-bond donors (Lipinski definition) is 0. The van der Waals surface area contributed by atoms with Gasteiger partial charge in [0.15, 0.2) is 0 Å². The summed E-state index contributed by atoms with van der Waals surface area (Å²) in [4.78, 5) is 25.0. The van der Waals surface area contributed by atoms with E-state index in [1.54, 1.807) is 45.7 Å². The van der Waals surface area contributed by atoms with Crippen LogP contribution in [0.5, 0.6) is 16.7 Å². The monoisotopic (exact) mass is 541 g/mol. The molecule has 0 unspecified atom stereocenters. The third-order valence-corrected chi connectivity index (χ3v) is 7.92. The maximum atomic E-state index is 12.1. The van der Waals surface area contributed by atoms with Gasteiger partial charge in [-0.25, -0.2) is 19.0 Å². The van der Waals surface area contributed by atoms with Gasteiger partial charge >= 0.3 is 0 Å². The Labute approximate surface area is 221 Å². The smallest absolute Gasteiger partial charge is 0.294 e. The number of aryl methyl sites for hydroxylation is 2. The zero-order valence-corrected chi connectivity index (χ0v) is 22.9. The molecular weight excluding hydrogens is 514 g/mol. The van der Waals surface area contributed by atoms with Crippen molar-refractivity contribution in [2.75, 3.05) is 27.8 Å². The van der Waals surface area contributed by atoms with Crippen LogP contribution in [0, 0.1) is 6.92 Å². The number of imidazole rings is 1. The first-order chi connectivity index (χ1) is 17.9. The molecule has 5 aromatic heterocycles. The maximum Gasteiger partial charge on any atom is 0.294 e. The standard InChI is InChI=1S/C24H27N7O4S2/c1-6-29(3)22(32)8-7-21-25-18(14(2)36-21)13-35-20-9-15(33-4)11-30-19(20)10-16(27-30)17-12-31-23(26-17)37-24(28-31)34-5/h9-12H,6-8,13H2,1-5H3. The van der Waals surface area contributed by atoms with Gasteiger partial charge in [-0.1, -0.05) is 0 Å². The number of pyridine rings is 1. The summed E-state index contributed by atoms with van der Waals surface area (Å²) in [6.45, 7) is 4.97. The van der Waals surface area contributed by atoms with Crippen molar-refractivity contribution in [3.63, 3.8) is 0 Å². The second-order valence-electron chi connectivity index (χ2n) is 8.34. The zero-order valence-electron chi connectivity index (χ0n) is 21.2. The Bertz CT molecular complexity index is 1540. The second-order valence-corrected chi connectivity index (χ2v) is 10.5. The van der Waals surface area contributed by atoms with Crippen LogP contribution in [0.2, 0.25) is 0 Å². The number of nitrogens with zero attached hydrogens (tertiary/aromatic N) is 7. The second kappa shape index (κ2) is 10.3. The van der Waals surface area contributed by atoms with Crippen LogP contribution in [-0.2, 0) is 17.8 Å². The lowest BCUT2D eigenvalue weighted by Gasteiger charge is -2.13. The number of hydrogen-bond acceptors (Lipinski definition) is 10. The Morgan fingerprint density at radius 2 is 1.89 bits per heavy atom. The van der Waals surface area contributed by atoms with Crippen molar-refractivity contribution in [3.8, 4) is 28.1 Å². The molecule has 0 fully saturated rings. The SMILES string of the molecule is CCN(C)C(=O)CCc1nc(COc2cc(OC)cn3nc(-c4cn5nc(OC)sc5n4)cc23)c(C)s1. The van der Waals surface area contributed by atoms with E-state index in [4.69, 9.17) is 19.2 Å². The number of methoxy groups -OCH3 is 2. The van der Waals surface area contributed by atoms with E-state index in [2.05, 4.69) is 15.2 Å². The molecule has 13 heteroatoms. The number of carbonyl (C=O) groups is 1. The minimum atomic E-state index is 0.121. The highest BCUT2D eigenvalue weighted by Gasteiger charge is 2.17. The normalized spacial score (nSPS) is 11.4. The molecule has 5 aromatic rings. The summed E-state index contributed by atoms with van der Waals surface area (Å²) in [6.07, 6.45) is 4.67. The molecule has 5 rings (SSSR count). The van der Waals surface area contributed by atoms with Gasteiger partial charge in [0.25, 0.3) is 5.19 Å². The molecule has 0 N–H and O–H groups in total. The van der Waals surface area contributed by atoms with E-state index in [1.165, 1.54) is 11.3 Å². The average Bonchev–Trinajstić information content (AvgIpc) is 3.66. The predicted octanol–water partition coefficient (Wildman–Crippen LogP) is 3.88. The molecule has 0 saturated heterocycles. The minimum Gasteiger partial charge on any atom is -0.495 e. The molecule has 0 bridgehead atoms. The first-order valence-corrected chi connectivity index (χ1v) is 13.3. The van der Waals surface area contributed by atoms with E-state index < -0.39 is 0 Å². The van der Waals surface area contributed by atoms with Crippen LogP contribution in [0.4, 0.5) is 0 Å². The number of aromatic nitrogens is 6. The van der Waals surface area contributed by atoms with Crippen molar-refractivity contribution in [1.82, 2.24) is 34.1 Å². The first-order valence-electron chi connectivity index (χ1n) is 11.7. The molecule has 0 atom stereocenters. The molecule has 1 amide bonds. The first kappa shape index (κ1) is 25.0. The molecule has 11 nitrogen and oxygen atoms in total. The largest absolute Gasteiger partial charge is 0.495 e. The van der Waals surface area contributed by atoms with Crippen LogP contribution in [0.1, 0.15) is 28.9 Å². The van der Waals surface area contributed by atoms with Crippen LogP contribution in [0.15, 0.2) is 24.5 Å². The molecule has 5 heterocycles. The third kappa shape index (κ3) is 5.09. The lowest BCUT2D eigenvalue weighted by atomic mass is 10.3. The Morgan fingerprint density at radius 3 is 2.62 bits per heavy atom. The molecule has 0 aliphatic rings. The van der Waals surface area contributed by atoms with Crippen molar-refractivity contribution >= 4 is 39.1 Å². The number of carbonyl (C=O) groups excluding carboxylic acids is 1. The highest BCUT2D eigenvalue weighted by molar-refractivity contribution is 7.18. The van der Waals surface area contributed by atoms with Crippen molar-refractivity contribution in [2.24, 2.45) is 0 Å². The summed E-state index contributed by atoms with van der Waals surface area (Å²) in [7, 11) is 5.00. The van der Waals surface area contributed by atoms with Gasteiger partial charge in [-0.15, -0.1) is 16.4 Å². The number of thiazole rings is 1. The van der Waals surface area contributed by atoms with Crippen LogP contribution in [0.25, 0.3) is 21.9 Å². The Balaban J connectivity index is 1.36. The molecule has 0 aliphatic heterocycles. The lowest BCUT2D eigenvalue weighted by Crippen LogP contribution is -2.26. The predicted molar refractivity (Wildman–Crippen MR) is 141 cm³/mol. The molecular formula is C24H27N7O4S2. The van der Waals surface area contributed by atoms with Gasteiger partial charge in [0.05, 0.1) is 37.3 Å². The zero-order chi connectivity index (χ0) is 26.1. The van der Waals surface area contributed by atoms with Crippen LogP contribution in [0.3, 0.4) is 0 Å². The fourth-order valence-electron chi connectivity index (χ4n) is 3.73. The van der Waals surface area contributed by atoms with Crippen LogP contribution in [-0.4, -0.2) is 67.8 Å². The van der Waals surface area contributed by atoms with Crippen LogP contribution >= 0.6 is 22.7 Å². The van der Waals surface area contributed by atoms with Crippen molar-refractivity contribution < 1.29 is 19.0 Å². The van der Waals surface area contributed by atoms with E-state index in [0.717, 1.165) is 26.1 Å². The maximum absolute atomic E-state index is 12.1. The quantitative estimate of drug-likeness (QED) is 0.262. The molecule has 0 spiro atoms. The van der Waals surface area contributed by atoms with E-state index in [-0.39, 0.29) is 5.91 Å². The molecule has 194 valence electrons. The van der Waals surface area contributed by atoms with E-state index in [0.29, 0.717) is 54.1 Å². The fraction of sp³-hybridized carbons (Fsp3) is 0.375. The van der Waals surface area contributed by atoms with Gasteiger partial charge in [0.2, 0.25) is 10.9 Å². The summed E-state index contributed by atoms with van der Waals surface area (Å²) in [6, 6.07) is 3.76. The fourth-order valence-corrected chi connectivity index (χ4v) is 5.37. The van der Waals surface area contributed by atoms with Gasteiger partial charge in [0.1, 0.15) is 35.0 Å². The van der Waals surface area contributed by atoms with Gasteiger partial charge < -0.3 is 19.1 Å². The average molecular weight is 542 g/mol. The summed E-state index contributed by atoms with van der Waals surface area (Å²) in [5.74, 6) is 1.35. The summed E-state index contributed by atoms with van der Waals surface area (Å²) in [5.41, 5.74) is 3.01. The Kier molecular flexibility index (Phi) is 6.98. The lowest BCUT2D eigenvalue weighted by molar-refractivity contribution is -0.129. The molecule has 37 heavy (non-hydrogen) atoms. The number of fused-ring (bicyclic) bond motifs is 2. The Hall–Kier alpha value is -3.71. The van der Waals surface area contributed by atoms with Gasteiger partial charge in [-0.3, -0.25) is 4.79 Å². The number of ether oxygens (including phenoxy) is 3. The summed E-state index contributed by atoms with van der Waals surface area (Å²) >= 11 is 2.96. The van der Waals surface area contributed by atoms with Gasteiger partial charge in [-0.05, 0) is 31.3 Å². The van der Waals surface area contributed by atoms with E-state index >= 15 is 0 Å². The Morgan fingerprint density at radius 1 is 1.05 bits per heavy atom. The van der Waals surface area contributed by atoms with Crippen molar-refractivity contribution in [3.05, 3.63) is 40.1 Å². The van der Waals surface area contributed by atoms with Crippen molar-refractivity contribution in [1.29, 1.82) is 0 Å². The number of amides is 1. The van der Waals surface area contributed by atoms with Gasteiger partial charge in [-0.2, -0.15) is 5.10 Å². The number of rotatable bonds is 10. The highest BCUT2D eigenvalue weighted by Crippen LogP contribution is 2.31. The van der Waals surface area contributed by atoms with Crippen LogP contribution < -0.4 is 14.2 Å². The van der Waals surface area contributed by atoms with Crippen molar-refractivity contribution in [2.45, 2.75) is 33.3 Å². The summed E-state index contributed by atoms with van der Waals surface area (Å²) < 4.78 is 20.3. The molecule has 0 radical (unpaired) electrons. The summed E-state index contributed by atoms with van der Waals surface area (Å²) in [5, 5.41) is 10.5. The highest BCUT2D eigenvalue weighted by atomic mass is 32.1. The molecule has 0 aliphatic carbocycles. The molecule has 0 aromatic carbocycles. The van der Waals surface area contributed by atoms with E-state index in [1.807, 2.05) is 39.2 Å². The third-order valence-electron chi connectivity index (χ3n) is 5.96. The molecule has 0 saturated carbocycles. The minimum absolute atomic E-state index is 0.121. The van der Waals surface area contributed by atoms with E-state index in [9.17, 15) is 4.79 Å².